The van der Waals surface area contributed by atoms with Crippen LogP contribution in [0.4, 0.5) is 5.82 Å². The highest BCUT2D eigenvalue weighted by atomic mass is 16.5. The summed E-state index contributed by atoms with van der Waals surface area (Å²) < 4.78 is 5.36. The largest absolute Gasteiger partial charge is 0.481 e. The van der Waals surface area contributed by atoms with E-state index >= 15 is 0 Å². The second-order valence-corrected chi connectivity index (χ2v) is 5.43. The zero-order valence-corrected chi connectivity index (χ0v) is 13.2. The Hall–Kier alpha value is -2.67. The van der Waals surface area contributed by atoms with E-state index in [1.54, 1.807) is 20.1 Å². The van der Waals surface area contributed by atoms with Gasteiger partial charge in [0.15, 0.2) is 5.82 Å². The van der Waals surface area contributed by atoms with Crippen LogP contribution in [0.2, 0.25) is 6.82 Å². The molecule has 6 nitrogen and oxygen atoms in total. The van der Waals surface area contributed by atoms with E-state index in [2.05, 4.69) is 15.2 Å². The molecule has 116 valence electrons. The second kappa shape index (κ2) is 5.85. The van der Waals surface area contributed by atoms with E-state index in [4.69, 9.17) is 10.5 Å². The summed E-state index contributed by atoms with van der Waals surface area (Å²) in [6, 6.07) is 7.72. The van der Waals surface area contributed by atoms with E-state index in [-0.39, 0.29) is 0 Å². The van der Waals surface area contributed by atoms with Gasteiger partial charge in [0, 0.05) is 22.5 Å². The maximum absolute atomic E-state index is 9.80. The van der Waals surface area contributed by atoms with Gasteiger partial charge in [-0.3, -0.25) is 0 Å². The van der Waals surface area contributed by atoms with E-state index in [0.29, 0.717) is 11.7 Å². The van der Waals surface area contributed by atoms with Gasteiger partial charge in [-0.2, -0.15) is 5.10 Å². The number of fused-ring (bicyclic) bond motifs is 1. The number of hydrogen-bond acceptors (Lipinski definition) is 6. The molecule has 0 aliphatic carbocycles. The number of pyridine rings is 1. The van der Waals surface area contributed by atoms with E-state index in [1.165, 1.54) is 0 Å². The van der Waals surface area contributed by atoms with Gasteiger partial charge in [0.05, 0.1) is 12.8 Å². The molecule has 3 aromatic rings. The number of aryl methyl sites for hydroxylation is 1. The van der Waals surface area contributed by atoms with Crippen LogP contribution in [0.15, 0.2) is 30.5 Å². The molecule has 0 fully saturated rings. The van der Waals surface area contributed by atoms with Crippen LogP contribution in [0.1, 0.15) is 5.69 Å². The maximum atomic E-state index is 9.80. The highest BCUT2D eigenvalue weighted by Crippen LogP contribution is 2.31. The molecular formula is C16H17BN4O2. The molecule has 0 saturated heterocycles. The number of nitrogens with zero attached hydrogens (tertiary/aromatic N) is 3. The van der Waals surface area contributed by atoms with Gasteiger partial charge in [0.1, 0.15) is 0 Å². The standard InChI is InChI=1S/C16H17BN4O2/c1-9-13-6-10(4-5-12(13)15(18)21-20-9)14-7-11(17(2)22)8-19-16(14)23-3/h4-8,22H,1-3H3,(H2,18,21). The Morgan fingerprint density at radius 1 is 1.17 bits per heavy atom. The predicted molar refractivity (Wildman–Crippen MR) is 91.9 cm³/mol. The van der Waals surface area contributed by atoms with E-state index in [0.717, 1.165) is 33.1 Å². The summed E-state index contributed by atoms with van der Waals surface area (Å²) in [6.45, 7) is 2.99. The molecule has 0 bridgehead atoms. The fraction of sp³-hybridized carbons (Fsp3) is 0.188. The highest BCUT2D eigenvalue weighted by molar-refractivity contribution is 6.64. The van der Waals surface area contributed by atoms with Gasteiger partial charge in [-0.25, -0.2) is 4.98 Å². The number of nitrogens with two attached hydrogens (primary N) is 1. The van der Waals surface area contributed by atoms with Crippen molar-refractivity contribution < 1.29 is 9.76 Å². The molecular weight excluding hydrogens is 291 g/mol. The first kappa shape index (κ1) is 15.2. The van der Waals surface area contributed by atoms with Crippen LogP contribution in [-0.4, -0.2) is 34.2 Å². The SMILES string of the molecule is COc1ncc(B(C)O)cc1-c1ccc2c(N)nnc(C)c2c1. The van der Waals surface area contributed by atoms with Crippen molar-refractivity contribution in [3.63, 3.8) is 0 Å². The monoisotopic (exact) mass is 308 g/mol. The van der Waals surface area contributed by atoms with Crippen molar-refractivity contribution >= 4 is 29.0 Å². The summed E-state index contributed by atoms with van der Waals surface area (Å²) in [4.78, 5) is 4.28. The Labute approximate surface area is 134 Å². The lowest BCUT2D eigenvalue weighted by Crippen LogP contribution is -2.26. The van der Waals surface area contributed by atoms with Crippen LogP contribution < -0.4 is 15.9 Å². The Kier molecular flexibility index (Phi) is 3.88. The summed E-state index contributed by atoms with van der Waals surface area (Å²) in [5.74, 6) is 0.904. The molecule has 0 aliphatic rings. The lowest BCUT2D eigenvalue weighted by molar-refractivity contribution is 0.400. The molecule has 2 heterocycles. The van der Waals surface area contributed by atoms with Crippen molar-refractivity contribution in [3.8, 4) is 17.0 Å². The average Bonchev–Trinajstić information content (AvgIpc) is 2.57. The van der Waals surface area contributed by atoms with Crippen molar-refractivity contribution in [2.24, 2.45) is 0 Å². The smallest absolute Gasteiger partial charge is 0.321 e. The van der Waals surface area contributed by atoms with Gasteiger partial charge in [-0.1, -0.05) is 19.0 Å². The van der Waals surface area contributed by atoms with Crippen LogP contribution >= 0.6 is 0 Å². The maximum Gasteiger partial charge on any atom is 0.321 e. The summed E-state index contributed by atoms with van der Waals surface area (Å²) >= 11 is 0. The Bertz CT molecular complexity index is 883. The highest BCUT2D eigenvalue weighted by Gasteiger charge is 2.15. The minimum absolute atomic E-state index is 0.403. The zero-order chi connectivity index (χ0) is 16.6. The molecule has 1 aromatic carbocycles. The van der Waals surface area contributed by atoms with Crippen LogP contribution in [-0.2, 0) is 0 Å². The lowest BCUT2D eigenvalue weighted by atomic mass is 9.65. The minimum Gasteiger partial charge on any atom is -0.481 e. The topological polar surface area (TPSA) is 94.2 Å². The number of methoxy groups -OCH3 is 1. The van der Waals surface area contributed by atoms with Crippen LogP contribution in [0.25, 0.3) is 21.9 Å². The molecule has 3 rings (SSSR count). The first-order chi connectivity index (χ1) is 11.0. The van der Waals surface area contributed by atoms with Crippen molar-refractivity contribution in [1.82, 2.24) is 15.2 Å². The fourth-order valence-corrected chi connectivity index (χ4v) is 2.54. The first-order valence-corrected chi connectivity index (χ1v) is 7.26. The van der Waals surface area contributed by atoms with Crippen LogP contribution in [0.3, 0.4) is 0 Å². The molecule has 23 heavy (non-hydrogen) atoms. The van der Waals surface area contributed by atoms with Crippen LogP contribution in [0, 0.1) is 6.92 Å². The summed E-state index contributed by atoms with van der Waals surface area (Å²) in [5.41, 5.74) is 9.14. The van der Waals surface area contributed by atoms with Crippen molar-refractivity contribution in [2.75, 3.05) is 12.8 Å². The van der Waals surface area contributed by atoms with Gasteiger partial charge < -0.3 is 15.5 Å². The Balaban J connectivity index is 2.24. The molecule has 2 aromatic heterocycles. The summed E-state index contributed by atoms with van der Waals surface area (Å²) in [5, 5.41) is 19.6. The van der Waals surface area contributed by atoms with E-state index < -0.39 is 6.92 Å². The molecule has 0 aliphatic heterocycles. The molecule has 0 spiro atoms. The quantitative estimate of drug-likeness (QED) is 0.711. The lowest BCUT2D eigenvalue weighted by Gasteiger charge is -2.12. The number of nitrogen functional groups attached to an aromatic ring is 1. The van der Waals surface area contributed by atoms with Crippen molar-refractivity contribution in [1.29, 1.82) is 0 Å². The minimum atomic E-state index is -0.601. The summed E-state index contributed by atoms with van der Waals surface area (Å²) in [6.07, 6.45) is 1.61. The van der Waals surface area contributed by atoms with Gasteiger partial charge >= 0.3 is 6.92 Å². The Morgan fingerprint density at radius 3 is 2.65 bits per heavy atom. The molecule has 0 amide bonds. The number of rotatable bonds is 3. The third kappa shape index (κ3) is 2.71. The molecule has 0 atom stereocenters. The van der Waals surface area contributed by atoms with Gasteiger partial charge in [0.25, 0.3) is 0 Å². The predicted octanol–water partition coefficient (Wildman–Crippen LogP) is 1.41. The molecule has 0 saturated carbocycles. The molecule has 7 heteroatoms. The third-order valence-corrected chi connectivity index (χ3v) is 3.85. The third-order valence-electron chi connectivity index (χ3n) is 3.85. The van der Waals surface area contributed by atoms with Crippen LogP contribution in [0.5, 0.6) is 5.88 Å². The van der Waals surface area contributed by atoms with E-state index in [9.17, 15) is 5.02 Å². The normalized spacial score (nSPS) is 10.8. The van der Waals surface area contributed by atoms with Gasteiger partial charge in [0.2, 0.25) is 5.88 Å². The number of anilines is 1. The van der Waals surface area contributed by atoms with Crippen molar-refractivity contribution in [2.45, 2.75) is 13.7 Å². The number of ether oxygens (including phenoxy) is 1. The fourth-order valence-electron chi connectivity index (χ4n) is 2.54. The van der Waals surface area contributed by atoms with Gasteiger partial charge in [-0.15, -0.1) is 5.10 Å². The first-order valence-electron chi connectivity index (χ1n) is 7.26. The molecule has 0 unspecified atom stereocenters. The summed E-state index contributed by atoms with van der Waals surface area (Å²) in [7, 11) is 1.57. The number of aromatic nitrogens is 3. The van der Waals surface area contributed by atoms with Gasteiger partial charge in [-0.05, 0) is 30.1 Å². The average molecular weight is 308 g/mol. The second-order valence-electron chi connectivity index (χ2n) is 5.43. The van der Waals surface area contributed by atoms with Crippen molar-refractivity contribution in [3.05, 3.63) is 36.2 Å². The molecule has 0 radical (unpaired) electrons. The number of benzene rings is 1. The molecule has 3 N–H and O–H groups in total. The Morgan fingerprint density at radius 2 is 1.96 bits per heavy atom. The van der Waals surface area contributed by atoms with E-state index in [1.807, 2.05) is 31.2 Å². The zero-order valence-electron chi connectivity index (χ0n) is 13.2. The number of hydrogen-bond donors (Lipinski definition) is 2.